The SMILES string of the molecule is CC1(C(=O)NC(C)(C)c2ccccc2)CCCCC1. The van der Waals surface area contributed by atoms with Crippen molar-refractivity contribution in [2.45, 2.75) is 58.4 Å². The Balaban J connectivity index is 2.09. The molecule has 104 valence electrons. The van der Waals surface area contributed by atoms with Crippen molar-refractivity contribution in [3.63, 3.8) is 0 Å². The molecule has 0 heterocycles. The fraction of sp³-hybridized carbons (Fsp3) is 0.588. The van der Waals surface area contributed by atoms with Crippen LogP contribution in [0.4, 0.5) is 0 Å². The maximum absolute atomic E-state index is 12.6. The molecule has 1 aromatic rings. The second kappa shape index (κ2) is 5.36. The van der Waals surface area contributed by atoms with E-state index in [0.29, 0.717) is 0 Å². The lowest BCUT2D eigenvalue weighted by molar-refractivity contribution is -0.133. The van der Waals surface area contributed by atoms with Crippen molar-refractivity contribution in [2.24, 2.45) is 5.41 Å². The van der Waals surface area contributed by atoms with Crippen LogP contribution < -0.4 is 5.32 Å². The van der Waals surface area contributed by atoms with Gasteiger partial charge in [-0.15, -0.1) is 0 Å². The highest BCUT2D eigenvalue weighted by molar-refractivity contribution is 5.83. The molecule has 0 aliphatic heterocycles. The molecule has 1 N–H and O–H groups in total. The number of hydrogen-bond acceptors (Lipinski definition) is 1. The van der Waals surface area contributed by atoms with E-state index in [1.54, 1.807) is 0 Å². The monoisotopic (exact) mass is 259 g/mol. The molecule has 0 radical (unpaired) electrons. The maximum atomic E-state index is 12.6. The molecule has 0 aromatic heterocycles. The van der Waals surface area contributed by atoms with Gasteiger partial charge < -0.3 is 5.32 Å². The second-order valence-electron chi connectivity index (χ2n) is 6.57. The number of hydrogen-bond donors (Lipinski definition) is 1. The smallest absolute Gasteiger partial charge is 0.226 e. The molecule has 1 saturated carbocycles. The van der Waals surface area contributed by atoms with Gasteiger partial charge in [0.05, 0.1) is 5.54 Å². The van der Waals surface area contributed by atoms with Gasteiger partial charge in [0.1, 0.15) is 0 Å². The zero-order valence-corrected chi connectivity index (χ0v) is 12.3. The average molecular weight is 259 g/mol. The van der Waals surface area contributed by atoms with Gasteiger partial charge in [0.15, 0.2) is 0 Å². The molecule has 2 rings (SSSR count). The van der Waals surface area contributed by atoms with E-state index in [9.17, 15) is 4.79 Å². The minimum Gasteiger partial charge on any atom is -0.347 e. The zero-order valence-electron chi connectivity index (χ0n) is 12.3. The number of nitrogens with one attached hydrogen (secondary N) is 1. The van der Waals surface area contributed by atoms with Crippen LogP contribution in [0.5, 0.6) is 0 Å². The first-order valence-corrected chi connectivity index (χ1v) is 7.32. The molecule has 0 atom stereocenters. The van der Waals surface area contributed by atoms with Crippen molar-refractivity contribution in [2.75, 3.05) is 0 Å². The first-order valence-electron chi connectivity index (χ1n) is 7.32. The van der Waals surface area contributed by atoms with E-state index in [-0.39, 0.29) is 16.9 Å². The Morgan fingerprint density at radius 3 is 2.26 bits per heavy atom. The fourth-order valence-electron chi connectivity index (χ4n) is 2.92. The van der Waals surface area contributed by atoms with E-state index < -0.39 is 0 Å². The molecule has 2 heteroatoms. The van der Waals surface area contributed by atoms with E-state index in [2.05, 4.69) is 38.2 Å². The van der Waals surface area contributed by atoms with E-state index in [0.717, 1.165) is 18.4 Å². The number of carbonyl (C=O) groups excluding carboxylic acids is 1. The third-order valence-electron chi connectivity index (χ3n) is 4.43. The largest absolute Gasteiger partial charge is 0.347 e. The summed E-state index contributed by atoms with van der Waals surface area (Å²) >= 11 is 0. The van der Waals surface area contributed by atoms with Crippen LogP contribution in [-0.2, 0) is 10.3 Å². The molecule has 0 bridgehead atoms. The fourth-order valence-corrected chi connectivity index (χ4v) is 2.92. The van der Waals surface area contributed by atoms with E-state index >= 15 is 0 Å². The Morgan fingerprint density at radius 1 is 1.11 bits per heavy atom. The minimum absolute atomic E-state index is 0.176. The first kappa shape index (κ1) is 14.1. The molecule has 1 fully saturated rings. The van der Waals surface area contributed by atoms with Gasteiger partial charge in [-0.3, -0.25) is 4.79 Å². The van der Waals surface area contributed by atoms with Gasteiger partial charge in [-0.2, -0.15) is 0 Å². The van der Waals surface area contributed by atoms with Gasteiger partial charge in [0.25, 0.3) is 0 Å². The van der Waals surface area contributed by atoms with Crippen molar-refractivity contribution in [3.8, 4) is 0 Å². The number of rotatable bonds is 3. The zero-order chi connectivity index (χ0) is 13.9. The lowest BCUT2D eigenvalue weighted by Gasteiger charge is -2.36. The topological polar surface area (TPSA) is 29.1 Å². The van der Waals surface area contributed by atoms with Gasteiger partial charge in [-0.1, -0.05) is 56.5 Å². The number of carbonyl (C=O) groups is 1. The Morgan fingerprint density at radius 2 is 1.68 bits per heavy atom. The molecule has 0 unspecified atom stereocenters. The van der Waals surface area contributed by atoms with Crippen LogP contribution >= 0.6 is 0 Å². The summed E-state index contributed by atoms with van der Waals surface area (Å²) in [5.74, 6) is 0.209. The summed E-state index contributed by atoms with van der Waals surface area (Å²) in [6.45, 7) is 6.27. The maximum Gasteiger partial charge on any atom is 0.226 e. The summed E-state index contributed by atoms with van der Waals surface area (Å²) in [5, 5.41) is 3.24. The quantitative estimate of drug-likeness (QED) is 0.873. The lowest BCUT2D eigenvalue weighted by atomic mass is 9.74. The second-order valence-corrected chi connectivity index (χ2v) is 6.57. The summed E-state index contributed by atoms with van der Waals surface area (Å²) in [5.41, 5.74) is 0.672. The van der Waals surface area contributed by atoms with Crippen molar-refractivity contribution in [3.05, 3.63) is 35.9 Å². The van der Waals surface area contributed by atoms with E-state index in [1.165, 1.54) is 19.3 Å². The standard InChI is InChI=1S/C17H25NO/c1-16(2,14-10-6-4-7-11-14)18-15(19)17(3)12-8-5-9-13-17/h4,6-7,10-11H,5,8-9,12-13H2,1-3H3,(H,18,19). The Hall–Kier alpha value is -1.31. The van der Waals surface area contributed by atoms with Crippen LogP contribution in [0.15, 0.2) is 30.3 Å². The molecule has 0 spiro atoms. The molecule has 1 aliphatic carbocycles. The average Bonchev–Trinajstić information content (AvgIpc) is 2.40. The van der Waals surface area contributed by atoms with Crippen molar-refractivity contribution < 1.29 is 4.79 Å². The normalized spacial score (nSPS) is 18.9. The van der Waals surface area contributed by atoms with Crippen molar-refractivity contribution in [1.29, 1.82) is 0 Å². The molecule has 1 amide bonds. The molecule has 2 nitrogen and oxygen atoms in total. The molecule has 1 aromatic carbocycles. The van der Waals surface area contributed by atoms with Gasteiger partial charge in [0.2, 0.25) is 5.91 Å². The van der Waals surface area contributed by atoms with Gasteiger partial charge in [-0.05, 0) is 32.3 Å². The Bertz CT molecular complexity index is 430. The first-order chi connectivity index (χ1) is 8.94. The predicted molar refractivity (Wildman–Crippen MR) is 78.8 cm³/mol. The van der Waals surface area contributed by atoms with Crippen molar-refractivity contribution >= 4 is 5.91 Å². The van der Waals surface area contributed by atoms with Crippen LogP contribution in [0.25, 0.3) is 0 Å². The van der Waals surface area contributed by atoms with E-state index in [1.807, 2.05) is 18.2 Å². The number of benzene rings is 1. The van der Waals surface area contributed by atoms with Crippen LogP contribution in [0.1, 0.15) is 58.4 Å². The van der Waals surface area contributed by atoms with Gasteiger partial charge in [0, 0.05) is 5.41 Å². The highest BCUT2D eigenvalue weighted by atomic mass is 16.2. The summed E-state index contributed by atoms with van der Waals surface area (Å²) in [6, 6.07) is 10.2. The van der Waals surface area contributed by atoms with Crippen LogP contribution in [-0.4, -0.2) is 5.91 Å². The highest BCUT2D eigenvalue weighted by Crippen LogP contribution is 2.37. The molecular formula is C17H25NO. The summed E-state index contributed by atoms with van der Waals surface area (Å²) < 4.78 is 0. The third kappa shape index (κ3) is 3.17. The summed E-state index contributed by atoms with van der Waals surface area (Å²) in [6.07, 6.45) is 5.66. The van der Waals surface area contributed by atoms with Gasteiger partial charge in [-0.25, -0.2) is 0 Å². The molecule has 0 saturated heterocycles. The lowest BCUT2D eigenvalue weighted by Crippen LogP contribution is -2.48. The Labute approximate surface area is 116 Å². The van der Waals surface area contributed by atoms with Gasteiger partial charge >= 0.3 is 0 Å². The van der Waals surface area contributed by atoms with Crippen LogP contribution in [0.2, 0.25) is 0 Å². The summed E-state index contributed by atoms with van der Waals surface area (Å²) in [4.78, 5) is 12.6. The van der Waals surface area contributed by atoms with Crippen LogP contribution in [0.3, 0.4) is 0 Å². The molecule has 1 aliphatic rings. The minimum atomic E-state index is -0.307. The van der Waals surface area contributed by atoms with E-state index in [4.69, 9.17) is 0 Å². The third-order valence-corrected chi connectivity index (χ3v) is 4.43. The highest BCUT2D eigenvalue weighted by Gasteiger charge is 2.37. The molecule has 19 heavy (non-hydrogen) atoms. The Kier molecular flexibility index (Phi) is 3.98. The van der Waals surface area contributed by atoms with Crippen molar-refractivity contribution in [1.82, 2.24) is 5.32 Å². The predicted octanol–water partition coefficient (Wildman–Crippen LogP) is 4.01. The number of amides is 1. The van der Waals surface area contributed by atoms with Crippen LogP contribution in [0, 0.1) is 5.41 Å². The molecular weight excluding hydrogens is 234 g/mol. The summed E-state index contributed by atoms with van der Waals surface area (Å²) in [7, 11) is 0.